The van der Waals surface area contributed by atoms with Crippen LogP contribution in [0.15, 0.2) is 36.7 Å². The first kappa shape index (κ1) is 13.5. The lowest BCUT2D eigenvalue weighted by Gasteiger charge is -2.16. The number of hydrogen-bond donors (Lipinski definition) is 1. The van der Waals surface area contributed by atoms with Gasteiger partial charge < -0.3 is 5.73 Å². The molecule has 2 N–H and O–H groups in total. The molecule has 0 saturated carbocycles. The van der Waals surface area contributed by atoms with Crippen molar-refractivity contribution >= 4 is 0 Å². The minimum atomic E-state index is -4.34. The minimum absolute atomic E-state index is 0.499. The van der Waals surface area contributed by atoms with E-state index in [-0.39, 0.29) is 0 Å². The fraction of sp³-hybridized carbons (Fsp3) is 0.231. The third kappa shape index (κ3) is 2.90. The van der Waals surface area contributed by atoms with Gasteiger partial charge in [-0.05, 0) is 41.8 Å². The van der Waals surface area contributed by atoms with Crippen molar-refractivity contribution in [1.82, 2.24) is 10.2 Å². The zero-order chi connectivity index (χ0) is 14.0. The van der Waals surface area contributed by atoms with E-state index in [0.29, 0.717) is 16.7 Å². The van der Waals surface area contributed by atoms with Gasteiger partial charge >= 0.3 is 6.18 Å². The standard InChI is InChI=1S/C13H12F3N3/c1-8-6-10(13(14,15)16)2-3-11(8)12(17)9-4-5-18-19-7-9/h2-7,12H,17H2,1H3. The highest BCUT2D eigenvalue weighted by molar-refractivity contribution is 5.38. The van der Waals surface area contributed by atoms with Gasteiger partial charge in [-0.15, -0.1) is 0 Å². The monoisotopic (exact) mass is 267 g/mol. The van der Waals surface area contributed by atoms with E-state index in [1.165, 1.54) is 18.5 Å². The van der Waals surface area contributed by atoms with E-state index in [0.717, 1.165) is 12.1 Å². The number of rotatable bonds is 2. The van der Waals surface area contributed by atoms with Gasteiger partial charge in [0.2, 0.25) is 0 Å². The molecule has 0 amide bonds. The number of benzene rings is 1. The van der Waals surface area contributed by atoms with Gasteiger partial charge in [-0.3, -0.25) is 0 Å². The van der Waals surface area contributed by atoms with Crippen molar-refractivity contribution < 1.29 is 13.2 Å². The van der Waals surface area contributed by atoms with E-state index in [1.54, 1.807) is 13.0 Å². The number of halogens is 3. The molecule has 1 unspecified atom stereocenters. The Balaban J connectivity index is 2.37. The summed E-state index contributed by atoms with van der Waals surface area (Å²) < 4.78 is 37.7. The highest BCUT2D eigenvalue weighted by Gasteiger charge is 2.30. The van der Waals surface area contributed by atoms with Gasteiger partial charge in [-0.25, -0.2) is 0 Å². The van der Waals surface area contributed by atoms with Gasteiger partial charge in [0.05, 0.1) is 17.8 Å². The number of alkyl halides is 3. The van der Waals surface area contributed by atoms with Gasteiger partial charge in [0.1, 0.15) is 0 Å². The van der Waals surface area contributed by atoms with E-state index in [9.17, 15) is 13.2 Å². The molecule has 0 bridgehead atoms. The van der Waals surface area contributed by atoms with Crippen LogP contribution in [0.3, 0.4) is 0 Å². The predicted molar refractivity (Wildman–Crippen MR) is 64.2 cm³/mol. The van der Waals surface area contributed by atoms with Crippen LogP contribution < -0.4 is 5.73 Å². The smallest absolute Gasteiger partial charge is 0.320 e. The molecule has 0 aliphatic rings. The lowest BCUT2D eigenvalue weighted by molar-refractivity contribution is -0.137. The van der Waals surface area contributed by atoms with Crippen LogP contribution in [-0.2, 0) is 6.18 Å². The zero-order valence-electron chi connectivity index (χ0n) is 10.1. The van der Waals surface area contributed by atoms with Crippen molar-refractivity contribution in [2.24, 2.45) is 5.73 Å². The van der Waals surface area contributed by atoms with Crippen LogP contribution in [0, 0.1) is 6.92 Å². The summed E-state index contributed by atoms with van der Waals surface area (Å²) in [5.41, 5.74) is 7.20. The van der Waals surface area contributed by atoms with E-state index in [4.69, 9.17) is 5.73 Å². The zero-order valence-corrected chi connectivity index (χ0v) is 10.1. The summed E-state index contributed by atoms with van der Waals surface area (Å²) in [7, 11) is 0. The van der Waals surface area contributed by atoms with Crippen molar-refractivity contribution in [3.05, 3.63) is 58.9 Å². The summed E-state index contributed by atoms with van der Waals surface area (Å²) >= 11 is 0. The van der Waals surface area contributed by atoms with Crippen molar-refractivity contribution in [2.45, 2.75) is 19.1 Å². The third-order valence-corrected chi connectivity index (χ3v) is 2.90. The largest absolute Gasteiger partial charge is 0.416 e. The second-order valence-electron chi connectivity index (χ2n) is 4.22. The second kappa shape index (κ2) is 4.97. The van der Waals surface area contributed by atoms with Crippen LogP contribution in [0.4, 0.5) is 13.2 Å². The van der Waals surface area contributed by atoms with Crippen LogP contribution in [0.2, 0.25) is 0 Å². The van der Waals surface area contributed by atoms with Crippen molar-refractivity contribution in [3.63, 3.8) is 0 Å². The Morgan fingerprint density at radius 1 is 1.16 bits per heavy atom. The summed E-state index contributed by atoms with van der Waals surface area (Å²) in [6.07, 6.45) is -1.35. The average Bonchev–Trinajstić information content (AvgIpc) is 2.38. The number of nitrogens with two attached hydrogens (primary N) is 1. The quantitative estimate of drug-likeness (QED) is 0.910. The molecule has 0 aliphatic heterocycles. The van der Waals surface area contributed by atoms with Gasteiger partial charge in [-0.1, -0.05) is 6.07 Å². The van der Waals surface area contributed by atoms with Crippen molar-refractivity contribution in [3.8, 4) is 0 Å². The Kier molecular flexibility index (Phi) is 3.53. The average molecular weight is 267 g/mol. The molecule has 0 radical (unpaired) electrons. The van der Waals surface area contributed by atoms with Crippen LogP contribution in [0.25, 0.3) is 0 Å². The van der Waals surface area contributed by atoms with Crippen LogP contribution in [-0.4, -0.2) is 10.2 Å². The lowest BCUT2D eigenvalue weighted by atomic mass is 9.95. The highest BCUT2D eigenvalue weighted by atomic mass is 19.4. The van der Waals surface area contributed by atoms with Crippen molar-refractivity contribution in [1.29, 1.82) is 0 Å². The molecule has 1 aromatic carbocycles. The molecule has 0 aliphatic carbocycles. The molecule has 0 spiro atoms. The number of hydrogen-bond acceptors (Lipinski definition) is 3. The minimum Gasteiger partial charge on any atom is -0.320 e. The molecule has 0 saturated heterocycles. The number of aryl methyl sites for hydroxylation is 1. The molecule has 1 aromatic heterocycles. The molecule has 2 rings (SSSR count). The Morgan fingerprint density at radius 2 is 1.89 bits per heavy atom. The Labute approximate surface area is 108 Å². The number of aromatic nitrogens is 2. The molecule has 3 nitrogen and oxygen atoms in total. The Morgan fingerprint density at radius 3 is 2.42 bits per heavy atom. The second-order valence-corrected chi connectivity index (χ2v) is 4.22. The summed E-state index contributed by atoms with van der Waals surface area (Å²) in [4.78, 5) is 0. The first-order chi connectivity index (χ1) is 8.89. The molecule has 19 heavy (non-hydrogen) atoms. The topological polar surface area (TPSA) is 51.8 Å². The van der Waals surface area contributed by atoms with Gasteiger partial charge in [0, 0.05) is 6.20 Å². The molecular weight excluding hydrogens is 255 g/mol. The summed E-state index contributed by atoms with van der Waals surface area (Å²) in [5.74, 6) is 0. The van der Waals surface area contributed by atoms with Crippen LogP contribution in [0.5, 0.6) is 0 Å². The fourth-order valence-corrected chi connectivity index (χ4v) is 1.87. The first-order valence-electron chi connectivity index (χ1n) is 5.59. The summed E-state index contributed by atoms with van der Waals surface area (Å²) in [5, 5.41) is 7.34. The Hall–Kier alpha value is -1.95. The van der Waals surface area contributed by atoms with Crippen LogP contribution >= 0.6 is 0 Å². The van der Waals surface area contributed by atoms with Gasteiger partial charge in [-0.2, -0.15) is 23.4 Å². The van der Waals surface area contributed by atoms with Crippen LogP contribution in [0.1, 0.15) is 28.3 Å². The van der Waals surface area contributed by atoms with E-state index in [2.05, 4.69) is 10.2 Å². The Bertz CT molecular complexity index is 567. The molecule has 0 fully saturated rings. The molecule has 1 atom stereocenters. The highest BCUT2D eigenvalue weighted by Crippen LogP contribution is 2.32. The molecular formula is C13H12F3N3. The number of nitrogens with zero attached hydrogens (tertiary/aromatic N) is 2. The molecule has 2 aromatic rings. The third-order valence-electron chi connectivity index (χ3n) is 2.90. The molecule has 100 valence electrons. The maximum Gasteiger partial charge on any atom is 0.416 e. The molecule has 1 heterocycles. The summed E-state index contributed by atoms with van der Waals surface area (Å²) in [6, 6.07) is 4.72. The van der Waals surface area contributed by atoms with E-state index in [1.807, 2.05) is 0 Å². The van der Waals surface area contributed by atoms with E-state index < -0.39 is 17.8 Å². The fourth-order valence-electron chi connectivity index (χ4n) is 1.87. The first-order valence-corrected chi connectivity index (χ1v) is 5.59. The van der Waals surface area contributed by atoms with Crippen molar-refractivity contribution in [2.75, 3.05) is 0 Å². The van der Waals surface area contributed by atoms with E-state index >= 15 is 0 Å². The van der Waals surface area contributed by atoms with Gasteiger partial charge in [0.25, 0.3) is 0 Å². The normalized spacial score (nSPS) is 13.3. The summed E-state index contributed by atoms with van der Waals surface area (Å²) in [6.45, 7) is 1.61. The SMILES string of the molecule is Cc1cc(C(F)(F)F)ccc1C(N)c1ccnnc1. The lowest BCUT2D eigenvalue weighted by Crippen LogP contribution is -2.15. The maximum atomic E-state index is 12.6. The predicted octanol–water partition coefficient (Wildman–Crippen LogP) is 2.85. The maximum absolute atomic E-state index is 12.6. The van der Waals surface area contributed by atoms with Gasteiger partial charge in [0.15, 0.2) is 0 Å². The molecule has 6 heteroatoms.